The van der Waals surface area contributed by atoms with Gasteiger partial charge in [-0.05, 0) is 43.2 Å². The molecule has 0 unspecified atom stereocenters. The van der Waals surface area contributed by atoms with E-state index >= 15 is 0 Å². The van der Waals surface area contributed by atoms with Crippen LogP contribution < -0.4 is 4.74 Å². The Kier molecular flexibility index (Phi) is 2.83. The van der Waals surface area contributed by atoms with Crippen molar-refractivity contribution >= 4 is 0 Å². The van der Waals surface area contributed by atoms with Crippen LogP contribution in [-0.4, -0.2) is 31.0 Å². The van der Waals surface area contributed by atoms with Gasteiger partial charge in [-0.1, -0.05) is 12.1 Å². The molecule has 4 rings (SSSR count). The maximum absolute atomic E-state index is 9.87. The molecule has 2 aliphatic carbocycles. The second-order valence-electron chi connectivity index (χ2n) is 6.48. The second kappa shape index (κ2) is 4.47. The molecule has 2 fully saturated rings. The highest BCUT2D eigenvalue weighted by molar-refractivity contribution is 5.47. The molecule has 3 aliphatic rings. The summed E-state index contributed by atoms with van der Waals surface area (Å²) in [7, 11) is 1.75. The first-order valence-corrected chi connectivity index (χ1v) is 7.70. The standard InChI is InChI=1S/C17H22O3/c1-19-15-4-2-3-11-7-8-17-13(16(11)15)6-5-12(10-20-17)14(17)9-18/h2-4,12-14,18H,5-10H2,1H3/t12-,13-,14+,17-/m1/s1. The predicted octanol–water partition coefficient (Wildman–Crippen LogP) is 2.51. The molecule has 108 valence electrons. The number of hydrogen-bond acceptors (Lipinski definition) is 3. The number of aliphatic hydroxyl groups excluding tert-OH is 1. The molecule has 1 spiro atoms. The van der Waals surface area contributed by atoms with Crippen molar-refractivity contribution in [2.45, 2.75) is 37.2 Å². The summed E-state index contributed by atoms with van der Waals surface area (Å²) in [6.45, 7) is 1.08. The van der Waals surface area contributed by atoms with Gasteiger partial charge in [-0.15, -0.1) is 0 Å². The summed E-state index contributed by atoms with van der Waals surface area (Å²) >= 11 is 0. The first-order valence-electron chi connectivity index (χ1n) is 7.70. The lowest BCUT2D eigenvalue weighted by Gasteiger charge is -2.48. The SMILES string of the molecule is COc1cccc2c1[C@H]1CC[C@@H]3CO[C@@]1(CC2)[C@H]3CO. The summed E-state index contributed by atoms with van der Waals surface area (Å²) in [4.78, 5) is 0. The molecule has 3 nitrogen and oxygen atoms in total. The number of methoxy groups -OCH3 is 1. The lowest BCUT2D eigenvalue weighted by Crippen LogP contribution is -2.50. The van der Waals surface area contributed by atoms with Crippen LogP contribution in [0.25, 0.3) is 0 Å². The van der Waals surface area contributed by atoms with E-state index in [1.165, 1.54) is 11.1 Å². The van der Waals surface area contributed by atoms with Crippen molar-refractivity contribution in [2.75, 3.05) is 20.3 Å². The molecule has 1 N–H and O–H groups in total. The Labute approximate surface area is 119 Å². The molecule has 0 aromatic heterocycles. The van der Waals surface area contributed by atoms with Crippen LogP contribution >= 0.6 is 0 Å². The molecule has 0 amide bonds. The molecule has 1 saturated carbocycles. The average Bonchev–Trinajstić information content (AvgIpc) is 2.72. The minimum Gasteiger partial charge on any atom is -0.496 e. The Balaban J connectivity index is 1.85. The van der Waals surface area contributed by atoms with Crippen molar-refractivity contribution in [3.8, 4) is 5.75 Å². The van der Waals surface area contributed by atoms with Gasteiger partial charge in [-0.3, -0.25) is 0 Å². The monoisotopic (exact) mass is 274 g/mol. The van der Waals surface area contributed by atoms with E-state index in [0.717, 1.165) is 38.0 Å². The van der Waals surface area contributed by atoms with Gasteiger partial charge in [0, 0.05) is 24.0 Å². The van der Waals surface area contributed by atoms with Crippen LogP contribution in [0.3, 0.4) is 0 Å². The van der Waals surface area contributed by atoms with E-state index in [1.807, 2.05) is 0 Å². The van der Waals surface area contributed by atoms with E-state index in [0.29, 0.717) is 17.8 Å². The molecular formula is C17H22O3. The maximum atomic E-state index is 9.87. The fourth-order valence-corrected chi connectivity index (χ4v) is 4.99. The number of aliphatic hydroxyl groups is 1. The van der Waals surface area contributed by atoms with Gasteiger partial charge in [0.25, 0.3) is 0 Å². The number of rotatable bonds is 2. The number of fused-ring (bicyclic) bond motifs is 3. The van der Waals surface area contributed by atoms with Crippen molar-refractivity contribution in [3.63, 3.8) is 0 Å². The highest BCUT2D eigenvalue weighted by atomic mass is 16.5. The van der Waals surface area contributed by atoms with Crippen molar-refractivity contribution < 1.29 is 14.6 Å². The summed E-state index contributed by atoms with van der Waals surface area (Å²) in [5, 5.41) is 9.87. The van der Waals surface area contributed by atoms with Crippen LogP contribution in [0.5, 0.6) is 5.75 Å². The normalized spacial score (nSPS) is 38.2. The zero-order chi connectivity index (χ0) is 13.7. The number of ether oxygens (including phenoxy) is 2. The Morgan fingerprint density at radius 1 is 1.40 bits per heavy atom. The molecule has 1 saturated heterocycles. The molecular weight excluding hydrogens is 252 g/mol. The van der Waals surface area contributed by atoms with Gasteiger partial charge < -0.3 is 14.6 Å². The maximum Gasteiger partial charge on any atom is 0.122 e. The third kappa shape index (κ3) is 1.48. The van der Waals surface area contributed by atoms with E-state index < -0.39 is 0 Å². The quantitative estimate of drug-likeness (QED) is 0.900. The smallest absolute Gasteiger partial charge is 0.122 e. The number of aryl methyl sites for hydroxylation is 1. The zero-order valence-electron chi connectivity index (χ0n) is 12.0. The van der Waals surface area contributed by atoms with Crippen LogP contribution in [0.1, 0.15) is 36.3 Å². The number of hydrogen-bond donors (Lipinski definition) is 1. The van der Waals surface area contributed by atoms with Gasteiger partial charge in [0.2, 0.25) is 0 Å². The second-order valence-corrected chi connectivity index (χ2v) is 6.48. The minimum atomic E-state index is -0.140. The Morgan fingerprint density at radius 3 is 3.10 bits per heavy atom. The van der Waals surface area contributed by atoms with Crippen LogP contribution in [0, 0.1) is 11.8 Å². The first-order chi connectivity index (χ1) is 9.80. The summed E-state index contributed by atoms with van der Waals surface area (Å²) in [6.07, 6.45) is 4.40. The Bertz CT molecular complexity index is 513. The highest BCUT2D eigenvalue weighted by Crippen LogP contribution is 2.59. The molecule has 4 atom stereocenters. The molecule has 1 aromatic rings. The van der Waals surface area contributed by atoms with Crippen molar-refractivity contribution in [1.82, 2.24) is 0 Å². The minimum absolute atomic E-state index is 0.140. The zero-order valence-corrected chi connectivity index (χ0v) is 12.0. The summed E-state index contributed by atoms with van der Waals surface area (Å²) in [6, 6.07) is 6.37. The van der Waals surface area contributed by atoms with Crippen LogP contribution in [0.4, 0.5) is 0 Å². The van der Waals surface area contributed by atoms with E-state index in [4.69, 9.17) is 9.47 Å². The van der Waals surface area contributed by atoms with Crippen LogP contribution in [-0.2, 0) is 11.2 Å². The van der Waals surface area contributed by atoms with Gasteiger partial charge in [-0.25, -0.2) is 0 Å². The Morgan fingerprint density at radius 2 is 2.30 bits per heavy atom. The van der Waals surface area contributed by atoms with Gasteiger partial charge in [0.1, 0.15) is 5.75 Å². The highest BCUT2D eigenvalue weighted by Gasteiger charge is 2.59. The third-order valence-corrected chi connectivity index (χ3v) is 5.89. The summed E-state index contributed by atoms with van der Waals surface area (Å²) in [5.74, 6) is 2.24. The van der Waals surface area contributed by atoms with E-state index in [9.17, 15) is 5.11 Å². The largest absolute Gasteiger partial charge is 0.496 e. The summed E-state index contributed by atoms with van der Waals surface area (Å²) in [5.41, 5.74) is 2.62. The topological polar surface area (TPSA) is 38.7 Å². The van der Waals surface area contributed by atoms with Crippen molar-refractivity contribution in [3.05, 3.63) is 29.3 Å². The van der Waals surface area contributed by atoms with Crippen molar-refractivity contribution in [2.24, 2.45) is 11.8 Å². The first kappa shape index (κ1) is 12.7. The lowest BCUT2D eigenvalue weighted by molar-refractivity contribution is -0.0745. The lowest BCUT2D eigenvalue weighted by atomic mass is 9.59. The Hall–Kier alpha value is -1.06. The molecule has 1 heterocycles. The predicted molar refractivity (Wildman–Crippen MR) is 76.0 cm³/mol. The molecule has 2 bridgehead atoms. The van der Waals surface area contributed by atoms with Gasteiger partial charge in [-0.2, -0.15) is 0 Å². The number of benzene rings is 1. The van der Waals surface area contributed by atoms with Crippen molar-refractivity contribution in [1.29, 1.82) is 0 Å². The van der Waals surface area contributed by atoms with Gasteiger partial charge in [0.15, 0.2) is 0 Å². The van der Waals surface area contributed by atoms with Gasteiger partial charge in [0.05, 0.1) is 19.3 Å². The fraction of sp³-hybridized carbons (Fsp3) is 0.647. The molecule has 20 heavy (non-hydrogen) atoms. The molecule has 0 radical (unpaired) electrons. The molecule has 1 aliphatic heterocycles. The molecule has 3 heteroatoms. The fourth-order valence-electron chi connectivity index (χ4n) is 4.99. The summed E-state index contributed by atoms with van der Waals surface area (Å²) < 4.78 is 11.9. The average molecular weight is 274 g/mol. The van der Waals surface area contributed by atoms with Crippen LogP contribution in [0.2, 0.25) is 0 Å². The molecule has 1 aromatic carbocycles. The van der Waals surface area contributed by atoms with E-state index in [-0.39, 0.29) is 12.2 Å². The third-order valence-electron chi connectivity index (χ3n) is 5.89. The van der Waals surface area contributed by atoms with Crippen LogP contribution in [0.15, 0.2) is 18.2 Å². The van der Waals surface area contributed by atoms with Gasteiger partial charge >= 0.3 is 0 Å². The van der Waals surface area contributed by atoms with E-state index in [1.54, 1.807) is 7.11 Å². The van der Waals surface area contributed by atoms with E-state index in [2.05, 4.69) is 18.2 Å².